The molecule has 7 nitrogen and oxygen atoms in total. The molecular formula is C14H19N5O2S. The van der Waals surface area contributed by atoms with E-state index in [-0.39, 0.29) is 10.8 Å². The van der Waals surface area contributed by atoms with Crippen molar-refractivity contribution >= 4 is 10.0 Å². The molecule has 22 heavy (non-hydrogen) atoms. The van der Waals surface area contributed by atoms with Gasteiger partial charge in [-0.05, 0) is 19.8 Å². The Morgan fingerprint density at radius 2 is 2.14 bits per heavy atom. The molecule has 0 amide bonds. The predicted octanol–water partition coefficient (Wildman–Crippen LogP) is 1.09. The van der Waals surface area contributed by atoms with Crippen molar-refractivity contribution in [2.75, 3.05) is 13.1 Å². The average Bonchev–Trinajstić information content (AvgIpc) is 2.88. The second-order valence-corrected chi connectivity index (χ2v) is 7.49. The van der Waals surface area contributed by atoms with Gasteiger partial charge in [0.2, 0.25) is 10.0 Å². The summed E-state index contributed by atoms with van der Waals surface area (Å²) in [4.78, 5) is 8.68. The third-order valence-electron chi connectivity index (χ3n) is 3.97. The summed E-state index contributed by atoms with van der Waals surface area (Å²) in [5, 5.41) is 4.14. The lowest BCUT2D eigenvalue weighted by Crippen LogP contribution is -2.39. The first-order chi connectivity index (χ1) is 10.5. The molecule has 1 saturated heterocycles. The Bertz CT molecular complexity index is 757. The van der Waals surface area contributed by atoms with E-state index >= 15 is 0 Å². The van der Waals surface area contributed by atoms with E-state index in [4.69, 9.17) is 0 Å². The van der Waals surface area contributed by atoms with E-state index < -0.39 is 10.0 Å². The van der Waals surface area contributed by atoms with Gasteiger partial charge in [0.15, 0.2) is 0 Å². The van der Waals surface area contributed by atoms with Crippen LogP contribution in [-0.2, 0) is 17.1 Å². The van der Waals surface area contributed by atoms with E-state index in [1.54, 1.807) is 43.1 Å². The van der Waals surface area contributed by atoms with Gasteiger partial charge in [0.25, 0.3) is 0 Å². The Morgan fingerprint density at radius 3 is 2.77 bits per heavy atom. The van der Waals surface area contributed by atoms with Crippen LogP contribution in [-0.4, -0.2) is 45.6 Å². The highest BCUT2D eigenvalue weighted by molar-refractivity contribution is 7.89. The molecule has 1 atom stereocenters. The Labute approximate surface area is 130 Å². The summed E-state index contributed by atoms with van der Waals surface area (Å²) in [7, 11) is -1.78. The van der Waals surface area contributed by atoms with Gasteiger partial charge < -0.3 is 0 Å². The van der Waals surface area contributed by atoms with Gasteiger partial charge in [0.05, 0.1) is 11.4 Å². The third-order valence-corrected chi connectivity index (χ3v) is 5.94. The average molecular weight is 321 g/mol. The zero-order valence-corrected chi connectivity index (χ0v) is 13.5. The molecule has 1 aliphatic heterocycles. The summed E-state index contributed by atoms with van der Waals surface area (Å²) in [6.07, 6.45) is 8.30. The molecule has 1 fully saturated rings. The molecule has 8 heteroatoms. The van der Waals surface area contributed by atoms with Crippen molar-refractivity contribution in [2.24, 2.45) is 7.05 Å². The topological polar surface area (TPSA) is 81.0 Å². The third kappa shape index (κ3) is 2.76. The lowest BCUT2D eigenvalue weighted by Gasteiger charge is -2.31. The fourth-order valence-electron chi connectivity index (χ4n) is 2.89. The molecule has 3 rings (SSSR count). The zero-order valence-electron chi connectivity index (χ0n) is 12.7. The van der Waals surface area contributed by atoms with E-state index in [0.717, 1.165) is 18.5 Å². The number of rotatable bonds is 3. The summed E-state index contributed by atoms with van der Waals surface area (Å²) in [6.45, 7) is 2.69. The standard InChI is InChI=1S/C14H19N5O2S/c1-11-14(10-18(2)17-11)22(20,21)19-7-3-4-12(9-19)13-8-15-5-6-16-13/h5-6,8,10,12H,3-4,7,9H2,1-2H3. The van der Waals surface area contributed by atoms with Crippen molar-refractivity contribution in [2.45, 2.75) is 30.6 Å². The number of aromatic nitrogens is 4. The summed E-state index contributed by atoms with van der Waals surface area (Å²) < 4.78 is 28.7. The van der Waals surface area contributed by atoms with Crippen LogP contribution in [0, 0.1) is 6.92 Å². The van der Waals surface area contributed by atoms with E-state index in [0.29, 0.717) is 18.8 Å². The van der Waals surface area contributed by atoms with Crippen molar-refractivity contribution in [3.63, 3.8) is 0 Å². The molecular weight excluding hydrogens is 302 g/mol. The Balaban J connectivity index is 1.87. The highest BCUT2D eigenvalue weighted by Gasteiger charge is 2.33. The first kappa shape index (κ1) is 15.1. The minimum atomic E-state index is -3.51. The molecule has 0 saturated carbocycles. The predicted molar refractivity (Wildman–Crippen MR) is 80.7 cm³/mol. The van der Waals surface area contributed by atoms with Crippen LogP contribution in [0.5, 0.6) is 0 Å². The fourth-order valence-corrected chi connectivity index (χ4v) is 4.62. The van der Waals surface area contributed by atoms with Crippen LogP contribution in [0.25, 0.3) is 0 Å². The molecule has 0 aromatic carbocycles. The molecule has 3 heterocycles. The number of piperidine rings is 1. The molecule has 2 aromatic rings. The Kier molecular flexibility index (Phi) is 3.96. The normalized spacial score (nSPS) is 20.2. The minimum absolute atomic E-state index is 0.0919. The van der Waals surface area contributed by atoms with E-state index in [9.17, 15) is 8.42 Å². The van der Waals surface area contributed by atoms with Crippen LogP contribution in [0.3, 0.4) is 0 Å². The number of hydrogen-bond acceptors (Lipinski definition) is 5. The van der Waals surface area contributed by atoms with E-state index in [2.05, 4.69) is 15.1 Å². The maximum Gasteiger partial charge on any atom is 0.246 e. The van der Waals surface area contributed by atoms with Gasteiger partial charge in [-0.25, -0.2) is 8.42 Å². The maximum absolute atomic E-state index is 12.8. The highest BCUT2D eigenvalue weighted by Crippen LogP contribution is 2.29. The molecule has 0 aliphatic carbocycles. The van der Waals surface area contributed by atoms with Crippen LogP contribution in [0.1, 0.15) is 30.1 Å². The lowest BCUT2D eigenvalue weighted by atomic mass is 9.96. The highest BCUT2D eigenvalue weighted by atomic mass is 32.2. The number of nitrogens with zero attached hydrogens (tertiary/aromatic N) is 5. The van der Waals surface area contributed by atoms with Gasteiger partial charge in [-0.1, -0.05) is 0 Å². The largest absolute Gasteiger partial charge is 0.274 e. The van der Waals surface area contributed by atoms with Crippen molar-refractivity contribution in [1.82, 2.24) is 24.1 Å². The van der Waals surface area contributed by atoms with Crippen LogP contribution >= 0.6 is 0 Å². The molecule has 0 radical (unpaired) electrons. The van der Waals surface area contributed by atoms with E-state index in [1.807, 2.05) is 0 Å². The molecule has 118 valence electrons. The molecule has 0 spiro atoms. The maximum atomic E-state index is 12.8. The molecule has 1 aliphatic rings. The zero-order chi connectivity index (χ0) is 15.7. The summed E-state index contributed by atoms with van der Waals surface area (Å²) in [5.74, 6) is 0.0919. The SMILES string of the molecule is Cc1nn(C)cc1S(=O)(=O)N1CCCC(c2cnccn2)C1. The fraction of sp³-hybridized carbons (Fsp3) is 0.500. The summed E-state index contributed by atoms with van der Waals surface area (Å²) in [6, 6.07) is 0. The van der Waals surface area contributed by atoms with Crippen molar-refractivity contribution in [3.05, 3.63) is 36.2 Å². The minimum Gasteiger partial charge on any atom is -0.274 e. The first-order valence-electron chi connectivity index (χ1n) is 7.25. The number of hydrogen-bond donors (Lipinski definition) is 0. The Morgan fingerprint density at radius 1 is 1.32 bits per heavy atom. The van der Waals surface area contributed by atoms with Gasteiger partial charge >= 0.3 is 0 Å². The van der Waals surface area contributed by atoms with Gasteiger partial charge in [0, 0.05) is 50.8 Å². The van der Waals surface area contributed by atoms with Crippen molar-refractivity contribution in [1.29, 1.82) is 0 Å². The van der Waals surface area contributed by atoms with Crippen LogP contribution in [0.15, 0.2) is 29.7 Å². The van der Waals surface area contributed by atoms with Crippen LogP contribution < -0.4 is 0 Å². The Hall–Kier alpha value is -1.80. The van der Waals surface area contributed by atoms with Gasteiger partial charge in [0.1, 0.15) is 4.90 Å². The van der Waals surface area contributed by atoms with Crippen LogP contribution in [0.2, 0.25) is 0 Å². The first-order valence-corrected chi connectivity index (χ1v) is 8.69. The van der Waals surface area contributed by atoms with E-state index in [1.165, 1.54) is 4.68 Å². The summed E-state index contributed by atoms with van der Waals surface area (Å²) in [5.41, 5.74) is 1.38. The molecule has 2 aromatic heterocycles. The summed E-state index contributed by atoms with van der Waals surface area (Å²) >= 11 is 0. The lowest BCUT2D eigenvalue weighted by molar-refractivity contribution is 0.312. The second kappa shape index (κ2) is 5.77. The number of sulfonamides is 1. The second-order valence-electron chi connectivity index (χ2n) is 5.58. The van der Waals surface area contributed by atoms with Crippen LogP contribution in [0.4, 0.5) is 0 Å². The molecule has 0 N–H and O–H groups in total. The van der Waals surface area contributed by atoms with Gasteiger partial charge in [-0.3, -0.25) is 14.6 Å². The monoisotopic (exact) mass is 321 g/mol. The van der Waals surface area contributed by atoms with Crippen molar-refractivity contribution in [3.8, 4) is 0 Å². The smallest absolute Gasteiger partial charge is 0.246 e. The molecule has 1 unspecified atom stereocenters. The van der Waals surface area contributed by atoms with Crippen molar-refractivity contribution < 1.29 is 8.42 Å². The molecule has 0 bridgehead atoms. The number of aryl methyl sites for hydroxylation is 2. The quantitative estimate of drug-likeness (QED) is 0.845. The van der Waals surface area contributed by atoms with Gasteiger partial charge in [-0.15, -0.1) is 0 Å². The van der Waals surface area contributed by atoms with Gasteiger partial charge in [-0.2, -0.15) is 9.40 Å².